The smallest absolute Gasteiger partial charge is 0.338 e. The molecular weight excluding hydrogens is 434 g/mol. The zero-order valence-electron chi connectivity index (χ0n) is 19.1. The van der Waals surface area contributed by atoms with E-state index in [4.69, 9.17) is 14.2 Å². The van der Waals surface area contributed by atoms with Gasteiger partial charge in [-0.3, -0.25) is 4.79 Å². The Bertz CT molecular complexity index is 1310. The molecule has 0 radical (unpaired) electrons. The van der Waals surface area contributed by atoms with Gasteiger partial charge in [0.2, 0.25) is 0 Å². The summed E-state index contributed by atoms with van der Waals surface area (Å²) in [5, 5.41) is 2.74. The fraction of sp³-hybridized carbons (Fsp3) is 0.192. The van der Waals surface area contributed by atoms with Crippen LogP contribution < -0.4 is 14.8 Å². The van der Waals surface area contributed by atoms with E-state index >= 15 is 0 Å². The molecule has 34 heavy (non-hydrogen) atoms. The summed E-state index contributed by atoms with van der Waals surface area (Å²) in [6, 6.07) is 19.6. The molecule has 1 heterocycles. The average molecular weight is 460 g/mol. The summed E-state index contributed by atoms with van der Waals surface area (Å²) in [4.78, 5) is 33.1. The van der Waals surface area contributed by atoms with E-state index in [1.54, 1.807) is 43.5 Å². The summed E-state index contributed by atoms with van der Waals surface area (Å²) in [5.41, 5.74) is 3.11. The summed E-state index contributed by atoms with van der Waals surface area (Å²) < 4.78 is 16.1. The number of nitrogens with zero attached hydrogens (tertiary/aromatic N) is 1. The zero-order valence-corrected chi connectivity index (χ0v) is 19.1. The number of hydrogen-bond acceptors (Lipinski definition) is 6. The number of carbonyl (C=O) groups is 2. The van der Waals surface area contributed by atoms with E-state index in [1.807, 2.05) is 37.3 Å². The molecule has 4 rings (SSSR count). The van der Waals surface area contributed by atoms with Crippen molar-refractivity contribution in [3.63, 3.8) is 0 Å². The molecular formula is C26H25N3O5. The van der Waals surface area contributed by atoms with Crippen molar-refractivity contribution in [1.82, 2.24) is 9.97 Å². The van der Waals surface area contributed by atoms with Crippen LogP contribution in [0.5, 0.6) is 11.5 Å². The number of amides is 1. The topological polar surface area (TPSA) is 103 Å². The molecule has 1 atom stereocenters. The molecule has 3 aromatic carbocycles. The van der Waals surface area contributed by atoms with Gasteiger partial charge in [-0.05, 0) is 68.4 Å². The van der Waals surface area contributed by atoms with Gasteiger partial charge in [0.1, 0.15) is 17.3 Å². The number of nitrogens with one attached hydrogen (secondary N) is 2. The van der Waals surface area contributed by atoms with Crippen molar-refractivity contribution in [2.75, 3.05) is 19.0 Å². The number of benzene rings is 3. The lowest BCUT2D eigenvalue weighted by Gasteiger charge is -2.15. The van der Waals surface area contributed by atoms with Gasteiger partial charge in [-0.15, -0.1) is 0 Å². The van der Waals surface area contributed by atoms with Crippen LogP contribution in [0, 0.1) is 0 Å². The van der Waals surface area contributed by atoms with Gasteiger partial charge in [0.25, 0.3) is 5.91 Å². The van der Waals surface area contributed by atoms with Crippen molar-refractivity contribution >= 4 is 28.6 Å². The van der Waals surface area contributed by atoms with E-state index in [0.717, 1.165) is 11.3 Å². The number of anilines is 1. The third-order valence-corrected chi connectivity index (χ3v) is 5.18. The number of rotatable bonds is 8. The largest absolute Gasteiger partial charge is 0.497 e. The van der Waals surface area contributed by atoms with E-state index in [-0.39, 0.29) is 0 Å². The van der Waals surface area contributed by atoms with Crippen LogP contribution >= 0.6 is 0 Å². The van der Waals surface area contributed by atoms with Gasteiger partial charge >= 0.3 is 5.97 Å². The lowest BCUT2D eigenvalue weighted by Crippen LogP contribution is -2.30. The first-order valence-corrected chi connectivity index (χ1v) is 10.9. The van der Waals surface area contributed by atoms with Crippen LogP contribution in [0.2, 0.25) is 0 Å². The Morgan fingerprint density at radius 3 is 2.56 bits per heavy atom. The third kappa shape index (κ3) is 5.01. The number of aromatic amines is 1. The number of imidazole rings is 1. The first-order valence-electron chi connectivity index (χ1n) is 10.9. The van der Waals surface area contributed by atoms with Gasteiger partial charge in [-0.1, -0.05) is 12.1 Å². The lowest BCUT2D eigenvalue weighted by molar-refractivity contribution is -0.123. The monoisotopic (exact) mass is 459 g/mol. The first-order chi connectivity index (χ1) is 16.5. The molecule has 0 aliphatic carbocycles. The molecule has 2 N–H and O–H groups in total. The number of fused-ring (bicyclic) bond motifs is 1. The van der Waals surface area contributed by atoms with Crippen molar-refractivity contribution in [3.8, 4) is 22.9 Å². The molecule has 8 nitrogen and oxygen atoms in total. The van der Waals surface area contributed by atoms with E-state index in [9.17, 15) is 9.59 Å². The Balaban J connectivity index is 1.45. The maximum Gasteiger partial charge on any atom is 0.338 e. The minimum Gasteiger partial charge on any atom is -0.497 e. The molecule has 0 aliphatic rings. The fourth-order valence-corrected chi connectivity index (χ4v) is 3.39. The van der Waals surface area contributed by atoms with Crippen LogP contribution in [-0.2, 0) is 9.53 Å². The SMILES string of the molecule is CCOc1ccccc1NC(=O)C(C)OC(=O)c1ccc2nc(-c3ccc(OC)cc3)[nH]c2c1. The van der Waals surface area contributed by atoms with Gasteiger partial charge in [-0.2, -0.15) is 0 Å². The second-order valence-electron chi connectivity index (χ2n) is 7.51. The van der Waals surface area contributed by atoms with E-state index in [2.05, 4.69) is 15.3 Å². The lowest BCUT2D eigenvalue weighted by atomic mass is 10.2. The Morgan fingerprint density at radius 2 is 1.82 bits per heavy atom. The highest BCUT2D eigenvalue weighted by atomic mass is 16.5. The second kappa shape index (κ2) is 10.1. The fourth-order valence-electron chi connectivity index (χ4n) is 3.39. The van der Waals surface area contributed by atoms with Gasteiger partial charge in [0, 0.05) is 5.56 Å². The van der Waals surface area contributed by atoms with Gasteiger partial charge < -0.3 is 24.5 Å². The standard InChI is InChI=1S/C26H25N3O5/c1-4-33-23-8-6-5-7-21(23)29-25(30)16(2)34-26(31)18-11-14-20-22(15-18)28-24(27-20)17-9-12-19(32-3)13-10-17/h5-16H,4H2,1-3H3,(H,27,28)(H,29,30). The minimum atomic E-state index is -1.01. The second-order valence-corrected chi connectivity index (χ2v) is 7.51. The molecule has 1 amide bonds. The van der Waals surface area contributed by atoms with Crippen LogP contribution in [0.4, 0.5) is 5.69 Å². The molecule has 0 aliphatic heterocycles. The van der Waals surface area contributed by atoms with Crippen LogP contribution in [0.15, 0.2) is 66.7 Å². The maximum absolute atomic E-state index is 12.7. The van der Waals surface area contributed by atoms with E-state index in [0.29, 0.717) is 40.5 Å². The summed E-state index contributed by atoms with van der Waals surface area (Å²) in [7, 11) is 1.61. The summed E-state index contributed by atoms with van der Waals surface area (Å²) in [6.45, 7) is 3.85. The predicted octanol–water partition coefficient (Wildman–Crippen LogP) is 4.82. The van der Waals surface area contributed by atoms with Gasteiger partial charge in [0.05, 0.1) is 36.0 Å². The Hall–Kier alpha value is -4.33. The quantitative estimate of drug-likeness (QED) is 0.366. The molecule has 1 aromatic heterocycles. The molecule has 0 spiro atoms. The number of carbonyl (C=O) groups excluding carboxylic acids is 2. The normalized spacial score (nSPS) is 11.6. The number of methoxy groups -OCH3 is 1. The van der Waals surface area contributed by atoms with Crippen LogP contribution in [0.25, 0.3) is 22.4 Å². The number of para-hydroxylation sites is 2. The van der Waals surface area contributed by atoms with Crippen LogP contribution in [0.1, 0.15) is 24.2 Å². The first kappa shape index (κ1) is 22.8. The van der Waals surface area contributed by atoms with Crippen molar-refractivity contribution in [1.29, 1.82) is 0 Å². The summed E-state index contributed by atoms with van der Waals surface area (Å²) in [6.07, 6.45) is -1.01. The molecule has 174 valence electrons. The Morgan fingerprint density at radius 1 is 1.06 bits per heavy atom. The summed E-state index contributed by atoms with van der Waals surface area (Å²) >= 11 is 0. The van der Waals surface area contributed by atoms with E-state index in [1.165, 1.54) is 6.92 Å². The molecule has 8 heteroatoms. The number of ether oxygens (including phenoxy) is 3. The number of aromatic nitrogens is 2. The number of H-pyrrole nitrogens is 1. The molecule has 0 saturated carbocycles. The van der Waals surface area contributed by atoms with Crippen LogP contribution in [-0.4, -0.2) is 41.7 Å². The molecule has 0 saturated heterocycles. The molecule has 1 unspecified atom stereocenters. The number of hydrogen-bond donors (Lipinski definition) is 2. The maximum atomic E-state index is 12.7. The zero-order chi connectivity index (χ0) is 24.1. The van der Waals surface area contributed by atoms with Crippen molar-refractivity contribution < 1.29 is 23.8 Å². The highest BCUT2D eigenvalue weighted by molar-refractivity contribution is 5.99. The van der Waals surface area contributed by atoms with Crippen molar-refractivity contribution in [2.24, 2.45) is 0 Å². The van der Waals surface area contributed by atoms with E-state index < -0.39 is 18.0 Å². The third-order valence-electron chi connectivity index (χ3n) is 5.18. The van der Waals surface area contributed by atoms with Gasteiger partial charge in [-0.25, -0.2) is 9.78 Å². The molecule has 4 aromatic rings. The highest BCUT2D eigenvalue weighted by Gasteiger charge is 2.21. The molecule has 0 fully saturated rings. The predicted molar refractivity (Wildman–Crippen MR) is 129 cm³/mol. The van der Waals surface area contributed by atoms with Gasteiger partial charge in [0.15, 0.2) is 6.10 Å². The minimum absolute atomic E-state index is 0.312. The molecule has 0 bridgehead atoms. The van der Waals surface area contributed by atoms with Crippen LogP contribution in [0.3, 0.4) is 0 Å². The number of esters is 1. The highest BCUT2D eigenvalue weighted by Crippen LogP contribution is 2.25. The summed E-state index contributed by atoms with van der Waals surface area (Å²) in [5.74, 6) is 0.913. The van der Waals surface area contributed by atoms with Crippen molar-refractivity contribution in [3.05, 3.63) is 72.3 Å². The Labute approximate surface area is 196 Å². The van der Waals surface area contributed by atoms with Crippen molar-refractivity contribution in [2.45, 2.75) is 20.0 Å². The Kier molecular flexibility index (Phi) is 6.77. The average Bonchev–Trinajstić information content (AvgIpc) is 3.29.